The summed E-state index contributed by atoms with van der Waals surface area (Å²) in [4.78, 5) is 18.5. The van der Waals surface area contributed by atoms with E-state index >= 15 is 0 Å². The highest BCUT2D eigenvalue weighted by Gasteiger charge is 2.35. The van der Waals surface area contributed by atoms with E-state index in [2.05, 4.69) is 66.1 Å². The van der Waals surface area contributed by atoms with E-state index < -0.39 is 0 Å². The van der Waals surface area contributed by atoms with Gasteiger partial charge in [-0.05, 0) is 95.6 Å². The topological polar surface area (TPSA) is 45.9 Å². The molecule has 0 bridgehead atoms. The normalized spacial score (nSPS) is 20.0. The standard InChI is InChI=1S/C30H44N2O3/c1-4-32(30(33)27-15-20-34-21-16-27)28(22-25-8-6-5-7-9-25)26-13-18-31(19-14-26)17-12-23(2)29-11-10-24(3)35-29/h5-11,23,26-28H,4,12-22H2,1-3H3/t23-,28-/m1/s1. The van der Waals surface area contributed by atoms with E-state index in [1.54, 1.807) is 0 Å². The summed E-state index contributed by atoms with van der Waals surface area (Å²) in [5.74, 6) is 3.55. The van der Waals surface area contributed by atoms with Crippen LogP contribution in [0.4, 0.5) is 0 Å². The van der Waals surface area contributed by atoms with Crippen LogP contribution in [0, 0.1) is 18.8 Å². The fourth-order valence-corrected chi connectivity index (χ4v) is 5.92. The molecule has 1 aromatic heterocycles. The van der Waals surface area contributed by atoms with Crippen LogP contribution in [0.1, 0.15) is 69.0 Å². The number of benzene rings is 1. The average molecular weight is 481 g/mol. The maximum atomic E-state index is 13.6. The van der Waals surface area contributed by atoms with Crippen LogP contribution in [-0.4, -0.2) is 61.1 Å². The lowest BCUT2D eigenvalue weighted by molar-refractivity contribution is -0.142. The third-order valence-electron chi connectivity index (χ3n) is 8.18. The van der Waals surface area contributed by atoms with Gasteiger partial charge in [-0.15, -0.1) is 0 Å². The molecule has 1 amide bonds. The number of hydrogen-bond donors (Lipinski definition) is 0. The summed E-state index contributed by atoms with van der Waals surface area (Å²) in [6.07, 6.45) is 6.10. The molecule has 4 rings (SSSR count). The zero-order valence-corrected chi connectivity index (χ0v) is 22.0. The first kappa shape index (κ1) is 26.0. The Morgan fingerprint density at radius 1 is 1.06 bits per heavy atom. The van der Waals surface area contributed by atoms with Gasteiger partial charge in [-0.2, -0.15) is 0 Å². The number of piperidine rings is 1. The molecule has 2 atom stereocenters. The first-order valence-corrected chi connectivity index (χ1v) is 13.8. The summed E-state index contributed by atoms with van der Waals surface area (Å²) < 4.78 is 11.4. The Morgan fingerprint density at radius 2 is 1.77 bits per heavy atom. The fourth-order valence-electron chi connectivity index (χ4n) is 5.92. The second-order valence-corrected chi connectivity index (χ2v) is 10.6. The van der Waals surface area contributed by atoms with E-state index in [0.29, 0.717) is 31.0 Å². The number of hydrogen-bond acceptors (Lipinski definition) is 4. The monoisotopic (exact) mass is 480 g/mol. The quantitative estimate of drug-likeness (QED) is 0.439. The van der Waals surface area contributed by atoms with Crippen molar-refractivity contribution < 1.29 is 13.9 Å². The van der Waals surface area contributed by atoms with Gasteiger partial charge in [0.15, 0.2) is 0 Å². The van der Waals surface area contributed by atoms with Gasteiger partial charge in [0, 0.05) is 37.6 Å². The summed E-state index contributed by atoms with van der Waals surface area (Å²) in [7, 11) is 0. The van der Waals surface area contributed by atoms with Crippen molar-refractivity contribution in [3.8, 4) is 0 Å². The van der Waals surface area contributed by atoms with E-state index in [1.807, 2.05) is 6.92 Å². The number of likely N-dealkylation sites (tertiary alicyclic amines) is 1. The third kappa shape index (κ3) is 6.98. The Hall–Kier alpha value is -2.11. The molecule has 5 nitrogen and oxygen atoms in total. The smallest absolute Gasteiger partial charge is 0.226 e. The van der Waals surface area contributed by atoms with Crippen molar-refractivity contribution >= 4 is 5.91 Å². The van der Waals surface area contributed by atoms with Crippen molar-refractivity contribution in [2.75, 3.05) is 39.4 Å². The van der Waals surface area contributed by atoms with Gasteiger partial charge in [-0.25, -0.2) is 0 Å². The molecule has 0 unspecified atom stereocenters. The molecular weight excluding hydrogens is 436 g/mol. The molecule has 2 fully saturated rings. The number of amides is 1. The summed E-state index contributed by atoms with van der Waals surface area (Å²) in [6.45, 7) is 12.0. The molecule has 5 heteroatoms. The predicted octanol–water partition coefficient (Wildman–Crippen LogP) is 5.68. The van der Waals surface area contributed by atoms with Gasteiger partial charge in [-0.1, -0.05) is 37.3 Å². The molecule has 0 saturated carbocycles. The second-order valence-electron chi connectivity index (χ2n) is 10.6. The number of aryl methyl sites for hydroxylation is 1. The maximum Gasteiger partial charge on any atom is 0.226 e. The number of rotatable bonds is 10. The molecule has 0 spiro atoms. The van der Waals surface area contributed by atoms with Gasteiger partial charge in [0.25, 0.3) is 0 Å². The SMILES string of the molecule is CCN(C(=O)C1CCOCC1)[C@H](Cc1ccccc1)C1CCN(CC[C@@H](C)c2ccc(C)o2)CC1. The van der Waals surface area contributed by atoms with Gasteiger partial charge in [-0.3, -0.25) is 4.79 Å². The van der Waals surface area contributed by atoms with E-state index in [1.165, 1.54) is 5.56 Å². The molecule has 2 aliphatic rings. The number of carbonyl (C=O) groups is 1. The molecule has 2 aliphatic heterocycles. The summed E-state index contributed by atoms with van der Waals surface area (Å²) >= 11 is 0. The van der Waals surface area contributed by atoms with Crippen molar-refractivity contribution in [3.63, 3.8) is 0 Å². The predicted molar refractivity (Wildman–Crippen MR) is 141 cm³/mol. The van der Waals surface area contributed by atoms with Crippen LogP contribution in [0.5, 0.6) is 0 Å². The van der Waals surface area contributed by atoms with Crippen LogP contribution in [-0.2, 0) is 16.0 Å². The Bertz CT molecular complexity index is 897. The minimum atomic E-state index is 0.119. The summed E-state index contributed by atoms with van der Waals surface area (Å²) in [5, 5.41) is 0. The van der Waals surface area contributed by atoms with Crippen LogP contribution in [0.25, 0.3) is 0 Å². The first-order valence-electron chi connectivity index (χ1n) is 13.8. The van der Waals surface area contributed by atoms with Crippen LogP contribution in [0.3, 0.4) is 0 Å². The Morgan fingerprint density at radius 3 is 2.40 bits per heavy atom. The van der Waals surface area contributed by atoms with Gasteiger partial charge in [0.1, 0.15) is 11.5 Å². The molecule has 3 heterocycles. The van der Waals surface area contributed by atoms with E-state index in [4.69, 9.17) is 9.15 Å². The van der Waals surface area contributed by atoms with Crippen LogP contribution >= 0.6 is 0 Å². The lowest BCUT2D eigenvalue weighted by atomic mass is 9.83. The number of ether oxygens (including phenoxy) is 1. The van der Waals surface area contributed by atoms with E-state index in [0.717, 1.165) is 76.2 Å². The highest BCUT2D eigenvalue weighted by Crippen LogP contribution is 2.30. The number of nitrogens with zero attached hydrogens (tertiary/aromatic N) is 2. The number of carbonyl (C=O) groups excluding carboxylic acids is 1. The maximum absolute atomic E-state index is 13.6. The highest BCUT2D eigenvalue weighted by atomic mass is 16.5. The van der Waals surface area contributed by atoms with Gasteiger partial charge < -0.3 is 19.0 Å². The van der Waals surface area contributed by atoms with Crippen molar-refractivity contribution in [3.05, 3.63) is 59.5 Å². The fraction of sp³-hybridized carbons (Fsp3) is 0.633. The van der Waals surface area contributed by atoms with Gasteiger partial charge in [0.05, 0.1) is 0 Å². The minimum absolute atomic E-state index is 0.119. The van der Waals surface area contributed by atoms with E-state index in [9.17, 15) is 4.79 Å². The molecule has 0 N–H and O–H groups in total. The van der Waals surface area contributed by atoms with Crippen molar-refractivity contribution in [1.82, 2.24) is 9.80 Å². The zero-order chi connectivity index (χ0) is 24.6. The molecule has 1 aromatic carbocycles. The van der Waals surface area contributed by atoms with Crippen molar-refractivity contribution in [2.45, 2.75) is 71.3 Å². The zero-order valence-electron chi connectivity index (χ0n) is 22.0. The number of likely N-dealkylation sites (N-methyl/N-ethyl adjacent to an activating group) is 1. The Kier molecular flexibility index (Phi) is 9.45. The molecule has 35 heavy (non-hydrogen) atoms. The molecule has 0 aliphatic carbocycles. The molecular formula is C30H44N2O3. The summed E-state index contributed by atoms with van der Waals surface area (Å²) in [5.41, 5.74) is 1.33. The Balaban J connectivity index is 1.38. The van der Waals surface area contributed by atoms with Crippen molar-refractivity contribution in [2.24, 2.45) is 11.8 Å². The Labute approximate surface area is 211 Å². The summed E-state index contributed by atoms with van der Waals surface area (Å²) in [6, 6.07) is 15.2. The van der Waals surface area contributed by atoms with Crippen LogP contribution in [0.15, 0.2) is 46.9 Å². The van der Waals surface area contributed by atoms with Gasteiger partial charge in [0.2, 0.25) is 5.91 Å². The average Bonchev–Trinajstić information content (AvgIpc) is 3.35. The highest BCUT2D eigenvalue weighted by molar-refractivity contribution is 5.79. The largest absolute Gasteiger partial charge is 0.466 e. The van der Waals surface area contributed by atoms with Crippen LogP contribution < -0.4 is 0 Å². The second kappa shape index (κ2) is 12.7. The minimum Gasteiger partial charge on any atom is -0.466 e. The molecule has 0 radical (unpaired) electrons. The van der Waals surface area contributed by atoms with Crippen molar-refractivity contribution in [1.29, 1.82) is 0 Å². The number of furan rings is 1. The lowest BCUT2D eigenvalue weighted by Gasteiger charge is -2.42. The molecule has 2 aromatic rings. The lowest BCUT2D eigenvalue weighted by Crippen LogP contribution is -2.51. The van der Waals surface area contributed by atoms with Gasteiger partial charge >= 0.3 is 0 Å². The van der Waals surface area contributed by atoms with Crippen LogP contribution in [0.2, 0.25) is 0 Å². The molecule has 192 valence electrons. The van der Waals surface area contributed by atoms with E-state index in [-0.39, 0.29) is 12.0 Å². The third-order valence-corrected chi connectivity index (χ3v) is 8.18. The molecule has 2 saturated heterocycles. The first-order chi connectivity index (χ1) is 17.0.